The van der Waals surface area contributed by atoms with Crippen LogP contribution in [-0.4, -0.2) is 23.2 Å². The van der Waals surface area contributed by atoms with Gasteiger partial charge in [0.2, 0.25) is 5.95 Å². The van der Waals surface area contributed by atoms with Crippen molar-refractivity contribution in [1.29, 1.82) is 0 Å². The van der Waals surface area contributed by atoms with Crippen LogP contribution in [-0.2, 0) is 0 Å². The molecule has 1 aromatic heterocycles. The number of ether oxygens (including phenoxy) is 1. The maximum atomic E-state index is 12.9. The molecule has 0 aliphatic carbocycles. The molecule has 0 unspecified atom stereocenters. The largest absolute Gasteiger partial charge is 0.495 e. The first-order valence-corrected chi connectivity index (χ1v) is 3.73. The Hall–Kier alpha value is -1.79. The van der Waals surface area contributed by atoms with Crippen LogP contribution in [0.5, 0.6) is 5.75 Å². The molecule has 82 valence electrons. The third-order valence-electron chi connectivity index (χ3n) is 1.63. The monoisotopic (exact) mass is 221 g/mol. The second-order valence-electron chi connectivity index (χ2n) is 2.52. The molecule has 0 radical (unpaired) electrons. The summed E-state index contributed by atoms with van der Waals surface area (Å²) in [5, 5.41) is 8.49. The fourth-order valence-corrected chi connectivity index (χ4v) is 0.955. The van der Waals surface area contributed by atoms with Gasteiger partial charge in [0.1, 0.15) is 11.3 Å². The lowest BCUT2D eigenvalue weighted by Crippen LogP contribution is -2.07. The summed E-state index contributed by atoms with van der Waals surface area (Å²) in [6.07, 6.45) is -3.03. The van der Waals surface area contributed by atoms with E-state index in [1.165, 1.54) is 0 Å². The normalized spacial score (nSPS) is 10.5. The molecule has 0 aromatic carbocycles. The van der Waals surface area contributed by atoms with Gasteiger partial charge in [-0.3, -0.25) is 0 Å². The van der Waals surface area contributed by atoms with E-state index in [2.05, 4.69) is 9.72 Å². The van der Waals surface area contributed by atoms with Gasteiger partial charge in [-0.05, 0) is 0 Å². The van der Waals surface area contributed by atoms with Crippen LogP contribution in [0.1, 0.15) is 22.5 Å². The number of carboxylic acids is 1. The Labute approximate surface area is 82.3 Å². The Kier molecular flexibility index (Phi) is 3.13. The SMILES string of the molecule is COc1cc(C(=O)O)c(F)nc1C(F)F. The second kappa shape index (κ2) is 4.16. The molecule has 1 aromatic rings. The average Bonchev–Trinajstić information content (AvgIpc) is 2.16. The van der Waals surface area contributed by atoms with Gasteiger partial charge in [0, 0.05) is 6.07 Å². The maximum Gasteiger partial charge on any atom is 0.340 e. The highest BCUT2D eigenvalue weighted by molar-refractivity contribution is 5.88. The Bertz CT molecular complexity index is 395. The van der Waals surface area contributed by atoms with E-state index in [0.717, 1.165) is 7.11 Å². The van der Waals surface area contributed by atoms with Crippen LogP contribution in [0.25, 0.3) is 0 Å². The number of aromatic carboxylic acids is 1. The smallest absolute Gasteiger partial charge is 0.340 e. The first kappa shape index (κ1) is 11.3. The number of alkyl halides is 2. The molecule has 0 saturated heterocycles. The lowest BCUT2D eigenvalue weighted by atomic mass is 10.2. The number of hydrogen-bond donors (Lipinski definition) is 1. The second-order valence-corrected chi connectivity index (χ2v) is 2.52. The fraction of sp³-hybridized carbons (Fsp3) is 0.250. The van der Waals surface area contributed by atoms with Crippen molar-refractivity contribution in [2.75, 3.05) is 7.11 Å². The van der Waals surface area contributed by atoms with Crippen LogP contribution >= 0.6 is 0 Å². The summed E-state index contributed by atoms with van der Waals surface area (Å²) in [7, 11) is 1.06. The van der Waals surface area contributed by atoms with E-state index in [-0.39, 0.29) is 0 Å². The standard InChI is InChI=1S/C8H6F3NO3/c1-15-4-2-3(8(13)14)7(11)12-5(4)6(9)10/h2,6H,1H3,(H,13,14). The zero-order valence-corrected chi connectivity index (χ0v) is 7.50. The van der Waals surface area contributed by atoms with Gasteiger partial charge in [0.15, 0.2) is 5.69 Å². The molecule has 1 N–H and O–H groups in total. The summed E-state index contributed by atoms with van der Waals surface area (Å²) in [5.41, 5.74) is -1.73. The molecule has 7 heteroatoms. The molecule has 0 atom stereocenters. The third-order valence-corrected chi connectivity index (χ3v) is 1.63. The van der Waals surface area contributed by atoms with Gasteiger partial charge in [-0.2, -0.15) is 4.39 Å². The van der Waals surface area contributed by atoms with Crippen LogP contribution in [0.15, 0.2) is 6.07 Å². The predicted octanol–water partition coefficient (Wildman–Crippen LogP) is 1.87. The predicted molar refractivity (Wildman–Crippen MR) is 42.7 cm³/mol. The van der Waals surface area contributed by atoms with Gasteiger partial charge >= 0.3 is 5.97 Å². The summed E-state index contributed by atoms with van der Waals surface area (Å²) in [4.78, 5) is 13.3. The van der Waals surface area contributed by atoms with Crippen molar-refractivity contribution in [3.05, 3.63) is 23.3 Å². The van der Waals surface area contributed by atoms with Gasteiger partial charge in [-0.1, -0.05) is 0 Å². The van der Waals surface area contributed by atoms with Crippen molar-refractivity contribution in [1.82, 2.24) is 4.98 Å². The lowest BCUT2D eigenvalue weighted by Gasteiger charge is -2.07. The number of rotatable bonds is 3. The minimum absolute atomic E-state index is 0.455. The molecule has 0 saturated carbocycles. The number of halogens is 3. The van der Waals surface area contributed by atoms with Gasteiger partial charge in [0.25, 0.3) is 6.43 Å². The van der Waals surface area contributed by atoms with Crippen molar-refractivity contribution >= 4 is 5.97 Å². The Morgan fingerprint density at radius 1 is 1.60 bits per heavy atom. The highest BCUT2D eigenvalue weighted by atomic mass is 19.3. The van der Waals surface area contributed by atoms with Crippen LogP contribution < -0.4 is 4.74 Å². The number of aromatic nitrogens is 1. The molecule has 1 heterocycles. The summed E-state index contributed by atoms with van der Waals surface area (Å²) in [6.45, 7) is 0. The van der Waals surface area contributed by atoms with E-state index in [1.54, 1.807) is 0 Å². The topological polar surface area (TPSA) is 59.4 Å². The molecule has 0 amide bonds. The minimum atomic E-state index is -3.03. The molecule has 0 aliphatic heterocycles. The zero-order chi connectivity index (χ0) is 11.6. The average molecular weight is 221 g/mol. The molecule has 4 nitrogen and oxygen atoms in total. The van der Waals surface area contributed by atoms with Crippen LogP contribution in [0.3, 0.4) is 0 Å². The van der Waals surface area contributed by atoms with Crippen LogP contribution in [0.4, 0.5) is 13.2 Å². The van der Waals surface area contributed by atoms with Crippen molar-refractivity contribution in [3.63, 3.8) is 0 Å². The van der Waals surface area contributed by atoms with E-state index in [1.807, 2.05) is 0 Å². The summed E-state index contributed by atoms with van der Waals surface area (Å²) in [5.74, 6) is -3.51. The molecule has 0 aliphatic rings. The highest BCUT2D eigenvalue weighted by Crippen LogP contribution is 2.28. The Morgan fingerprint density at radius 3 is 2.60 bits per heavy atom. The molecular weight excluding hydrogens is 215 g/mol. The fourth-order valence-electron chi connectivity index (χ4n) is 0.955. The van der Waals surface area contributed by atoms with Crippen LogP contribution in [0.2, 0.25) is 0 Å². The van der Waals surface area contributed by atoms with Gasteiger partial charge in [-0.15, -0.1) is 0 Å². The Balaban J connectivity index is 3.35. The summed E-state index contributed by atoms with van der Waals surface area (Å²) in [6, 6.07) is 0.673. The number of methoxy groups -OCH3 is 1. The van der Waals surface area contributed by atoms with E-state index >= 15 is 0 Å². The number of carbonyl (C=O) groups is 1. The molecule has 0 bridgehead atoms. The zero-order valence-electron chi connectivity index (χ0n) is 7.50. The minimum Gasteiger partial charge on any atom is -0.495 e. The first-order chi connectivity index (χ1) is 6.97. The Morgan fingerprint density at radius 2 is 2.20 bits per heavy atom. The lowest BCUT2D eigenvalue weighted by molar-refractivity contribution is 0.0688. The van der Waals surface area contributed by atoms with Crippen LogP contribution in [0, 0.1) is 5.95 Å². The third kappa shape index (κ3) is 2.17. The van der Waals surface area contributed by atoms with E-state index in [9.17, 15) is 18.0 Å². The van der Waals surface area contributed by atoms with Crippen molar-refractivity contribution < 1.29 is 27.8 Å². The number of hydrogen-bond acceptors (Lipinski definition) is 3. The molecular formula is C8H6F3NO3. The molecule has 1 rings (SSSR count). The van der Waals surface area contributed by atoms with Gasteiger partial charge < -0.3 is 9.84 Å². The first-order valence-electron chi connectivity index (χ1n) is 3.73. The van der Waals surface area contributed by atoms with Crippen molar-refractivity contribution in [2.24, 2.45) is 0 Å². The highest BCUT2D eigenvalue weighted by Gasteiger charge is 2.22. The molecule has 0 spiro atoms. The number of carboxylic acid groups (broad SMARTS) is 1. The van der Waals surface area contributed by atoms with Gasteiger partial charge in [0.05, 0.1) is 7.11 Å². The molecule has 15 heavy (non-hydrogen) atoms. The quantitative estimate of drug-likeness (QED) is 0.791. The number of pyridine rings is 1. The van der Waals surface area contributed by atoms with E-state index < -0.39 is 35.3 Å². The van der Waals surface area contributed by atoms with Crippen molar-refractivity contribution in [2.45, 2.75) is 6.43 Å². The summed E-state index contributed by atoms with van der Waals surface area (Å²) < 4.78 is 41.9. The van der Waals surface area contributed by atoms with E-state index in [0.29, 0.717) is 6.07 Å². The number of nitrogens with zero attached hydrogens (tertiary/aromatic N) is 1. The van der Waals surface area contributed by atoms with Gasteiger partial charge in [-0.25, -0.2) is 18.6 Å². The van der Waals surface area contributed by atoms with Crippen molar-refractivity contribution in [3.8, 4) is 5.75 Å². The maximum absolute atomic E-state index is 12.9. The molecule has 0 fully saturated rings. The summed E-state index contributed by atoms with van der Waals surface area (Å²) >= 11 is 0. The van der Waals surface area contributed by atoms with E-state index in [4.69, 9.17) is 5.11 Å².